The van der Waals surface area contributed by atoms with Gasteiger partial charge in [0.05, 0.1) is 0 Å². The number of nitrogens with zero attached hydrogens (tertiary/aromatic N) is 1. The van der Waals surface area contributed by atoms with E-state index in [9.17, 15) is 9.90 Å². The van der Waals surface area contributed by atoms with E-state index in [0.29, 0.717) is 24.2 Å². The Morgan fingerprint density at radius 2 is 2.04 bits per heavy atom. The molecule has 0 aliphatic heterocycles. The number of carbonyl (C=O) groups excluding carboxylic acids is 1. The number of aromatic nitrogens is 1. The van der Waals surface area contributed by atoms with Crippen molar-refractivity contribution in [3.63, 3.8) is 0 Å². The third-order valence-electron chi connectivity index (χ3n) is 8.20. The van der Waals surface area contributed by atoms with Crippen LogP contribution < -0.4 is 0 Å². The molecule has 0 unspecified atom stereocenters. The van der Waals surface area contributed by atoms with Gasteiger partial charge >= 0.3 is 0 Å². The lowest BCUT2D eigenvalue weighted by atomic mass is 9.48. The van der Waals surface area contributed by atoms with Gasteiger partial charge in [-0.25, -0.2) is 0 Å². The molecule has 4 aliphatic carbocycles. The van der Waals surface area contributed by atoms with Gasteiger partial charge < -0.3 is 5.11 Å². The molecule has 3 nitrogen and oxygen atoms in total. The Balaban J connectivity index is 1.54. The minimum Gasteiger partial charge on any atom is -0.504 e. The zero-order valence-corrected chi connectivity index (χ0v) is 16.1. The monoisotopic (exact) mass is 361 g/mol. The summed E-state index contributed by atoms with van der Waals surface area (Å²) in [5, 5.41) is 10.4. The molecule has 0 spiro atoms. The SMILES string of the molecule is C[C@]12CCC(=O)C(O)=C1C=C[C@@H]1[C@@H]2CC[C@]2(C)C(c3cccnc3)=CC[C@@H]12. The van der Waals surface area contributed by atoms with Gasteiger partial charge in [-0.15, -0.1) is 0 Å². The van der Waals surface area contributed by atoms with Crippen LogP contribution in [0.15, 0.2) is 54.1 Å². The van der Waals surface area contributed by atoms with Crippen LogP contribution in [-0.4, -0.2) is 15.9 Å². The normalized spacial score (nSPS) is 40.3. The highest BCUT2D eigenvalue weighted by atomic mass is 16.3. The van der Waals surface area contributed by atoms with Gasteiger partial charge in [-0.3, -0.25) is 9.78 Å². The highest BCUT2D eigenvalue weighted by molar-refractivity contribution is 5.95. The quantitative estimate of drug-likeness (QED) is 0.741. The summed E-state index contributed by atoms with van der Waals surface area (Å²) in [6.07, 6.45) is 15.4. The van der Waals surface area contributed by atoms with Crippen LogP contribution >= 0.6 is 0 Å². The Kier molecular flexibility index (Phi) is 3.56. The summed E-state index contributed by atoms with van der Waals surface area (Å²) < 4.78 is 0. The first-order valence-corrected chi connectivity index (χ1v) is 10.2. The van der Waals surface area contributed by atoms with Gasteiger partial charge in [0.2, 0.25) is 0 Å². The van der Waals surface area contributed by atoms with Crippen molar-refractivity contribution in [2.75, 3.05) is 0 Å². The van der Waals surface area contributed by atoms with Crippen molar-refractivity contribution in [3.8, 4) is 0 Å². The number of allylic oxidation sites excluding steroid dienone is 6. The second kappa shape index (κ2) is 5.67. The maximum absolute atomic E-state index is 12.0. The Morgan fingerprint density at radius 3 is 2.81 bits per heavy atom. The molecule has 1 fully saturated rings. The Morgan fingerprint density at radius 1 is 1.19 bits per heavy atom. The molecule has 0 amide bonds. The van der Waals surface area contributed by atoms with Crippen LogP contribution in [0.5, 0.6) is 0 Å². The third kappa shape index (κ3) is 2.20. The van der Waals surface area contributed by atoms with E-state index in [-0.39, 0.29) is 22.4 Å². The number of carbonyl (C=O) groups is 1. The number of aliphatic hydroxyl groups is 1. The fraction of sp³-hybridized carbons (Fsp3) is 0.500. The second-order valence-electron chi connectivity index (χ2n) is 9.30. The molecule has 0 aromatic carbocycles. The summed E-state index contributed by atoms with van der Waals surface area (Å²) in [4.78, 5) is 16.4. The minimum absolute atomic E-state index is 0.0207. The van der Waals surface area contributed by atoms with Gasteiger partial charge in [-0.1, -0.05) is 38.1 Å². The maximum Gasteiger partial charge on any atom is 0.197 e. The van der Waals surface area contributed by atoms with E-state index in [1.807, 2.05) is 18.5 Å². The predicted octanol–water partition coefficient (Wildman–Crippen LogP) is 5.27. The highest BCUT2D eigenvalue weighted by Crippen LogP contribution is 2.65. The highest BCUT2D eigenvalue weighted by Gasteiger charge is 2.56. The Labute approximate surface area is 160 Å². The van der Waals surface area contributed by atoms with Crippen molar-refractivity contribution in [2.45, 2.75) is 46.0 Å². The molecule has 0 radical (unpaired) electrons. The van der Waals surface area contributed by atoms with Gasteiger partial charge in [0.15, 0.2) is 11.5 Å². The van der Waals surface area contributed by atoms with Crippen molar-refractivity contribution in [1.29, 1.82) is 0 Å². The number of ketones is 1. The number of pyridine rings is 1. The molecule has 140 valence electrons. The fourth-order valence-corrected chi connectivity index (χ4v) is 6.66. The van der Waals surface area contributed by atoms with Crippen molar-refractivity contribution in [1.82, 2.24) is 4.98 Å². The number of Topliss-reactive ketones (excluding diaryl/α,β-unsaturated/α-hetero) is 1. The number of hydrogen-bond acceptors (Lipinski definition) is 3. The van der Waals surface area contributed by atoms with E-state index in [4.69, 9.17) is 0 Å². The van der Waals surface area contributed by atoms with Crippen LogP contribution in [0.4, 0.5) is 0 Å². The predicted molar refractivity (Wildman–Crippen MR) is 106 cm³/mol. The molecule has 4 aliphatic rings. The summed E-state index contributed by atoms with van der Waals surface area (Å²) in [6, 6.07) is 4.21. The first-order valence-electron chi connectivity index (χ1n) is 10.2. The minimum atomic E-state index is -0.0902. The largest absolute Gasteiger partial charge is 0.504 e. The molecule has 1 N–H and O–H groups in total. The van der Waals surface area contributed by atoms with Crippen LogP contribution in [0.1, 0.15) is 51.5 Å². The average molecular weight is 361 g/mol. The standard InChI is InChI=1S/C24H27NO2/c1-23-11-9-19-16(5-6-20-22(27)21(26)10-12-24(19,20)2)18(23)8-7-17(23)15-4-3-13-25-14-15/h3-7,13-14,16,18-19,27H,8-12H2,1-2H3/t16-,18-,19-,23+,24+/m0/s1. The number of fused-ring (bicyclic) bond motifs is 5. The van der Waals surface area contributed by atoms with Gasteiger partial charge in [-0.05, 0) is 66.1 Å². The van der Waals surface area contributed by atoms with E-state index in [0.717, 1.165) is 31.3 Å². The first-order chi connectivity index (χ1) is 12.9. The number of hydrogen-bond donors (Lipinski definition) is 1. The van der Waals surface area contributed by atoms with Gasteiger partial charge in [0.1, 0.15) is 0 Å². The van der Waals surface area contributed by atoms with E-state index in [1.165, 1.54) is 11.1 Å². The van der Waals surface area contributed by atoms with Gasteiger partial charge in [0, 0.05) is 29.8 Å². The summed E-state index contributed by atoms with van der Waals surface area (Å²) in [5.74, 6) is 1.53. The molecule has 5 atom stereocenters. The molecule has 1 heterocycles. The molecule has 1 saturated carbocycles. The van der Waals surface area contributed by atoms with Crippen LogP contribution in [0.2, 0.25) is 0 Å². The van der Waals surface area contributed by atoms with Crippen LogP contribution in [0.3, 0.4) is 0 Å². The van der Waals surface area contributed by atoms with Crippen molar-refractivity contribution < 1.29 is 9.90 Å². The molecule has 3 heteroatoms. The molecular formula is C24H27NO2. The molecule has 0 saturated heterocycles. The van der Waals surface area contributed by atoms with Crippen LogP contribution in [-0.2, 0) is 4.79 Å². The third-order valence-corrected chi connectivity index (χ3v) is 8.20. The lowest BCUT2D eigenvalue weighted by molar-refractivity contribution is -0.120. The molecule has 27 heavy (non-hydrogen) atoms. The van der Waals surface area contributed by atoms with Crippen molar-refractivity contribution in [2.24, 2.45) is 28.6 Å². The van der Waals surface area contributed by atoms with E-state index in [1.54, 1.807) is 0 Å². The zero-order valence-electron chi connectivity index (χ0n) is 16.1. The lowest BCUT2D eigenvalue weighted by Crippen LogP contribution is -2.48. The summed E-state index contributed by atoms with van der Waals surface area (Å²) in [7, 11) is 0. The van der Waals surface area contributed by atoms with Gasteiger partial charge in [0.25, 0.3) is 0 Å². The number of aliphatic hydroxyl groups excluding tert-OH is 1. The van der Waals surface area contributed by atoms with Gasteiger partial charge in [-0.2, -0.15) is 0 Å². The fourth-order valence-electron chi connectivity index (χ4n) is 6.66. The Hall–Kier alpha value is -2.16. The van der Waals surface area contributed by atoms with Crippen LogP contribution in [0, 0.1) is 28.6 Å². The van der Waals surface area contributed by atoms with E-state index >= 15 is 0 Å². The maximum atomic E-state index is 12.0. The molecule has 1 aromatic heterocycles. The van der Waals surface area contributed by atoms with Crippen molar-refractivity contribution >= 4 is 11.4 Å². The molecule has 0 bridgehead atoms. The van der Waals surface area contributed by atoms with E-state index in [2.05, 4.69) is 43.1 Å². The summed E-state index contributed by atoms with van der Waals surface area (Å²) in [6.45, 7) is 4.71. The topological polar surface area (TPSA) is 50.2 Å². The first kappa shape index (κ1) is 17.0. The number of rotatable bonds is 1. The van der Waals surface area contributed by atoms with E-state index < -0.39 is 0 Å². The summed E-state index contributed by atoms with van der Waals surface area (Å²) in [5.41, 5.74) is 3.71. The zero-order chi connectivity index (χ0) is 18.8. The Bertz CT molecular complexity index is 896. The van der Waals surface area contributed by atoms with Crippen molar-refractivity contribution in [3.05, 3.63) is 59.7 Å². The molecule has 5 rings (SSSR count). The summed E-state index contributed by atoms with van der Waals surface area (Å²) >= 11 is 0. The van der Waals surface area contributed by atoms with Crippen LogP contribution in [0.25, 0.3) is 5.57 Å². The molecule has 1 aromatic rings. The molecular weight excluding hydrogens is 334 g/mol. The lowest BCUT2D eigenvalue weighted by Gasteiger charge is -2.55. The second-order valence-corrected chi connectivity index (χ2v) is 9.30. The average Bonchev–Trinajstić information content (AvgIpc) is 3.03. The smallest absolute Gasteiger partial charge is 0.197 e.